The summed E-state index contributed by atoms with van der Waals surface area (Å²) in [6, 6.07) is 0.920. The van der Waals surface area contributed by atoms with E-state index in [1.807, 2.05) is 13.5 Å². The van der Waals surface area contributed by atoms with Crippen LogP contribution in [0.1, 0.15) is 6.92 Å². The third-order valence-electron chi connectivity index (χ3n) is 1.57. The summed E-state index contributed by atoms with van der Waals surface area (Å²) in [5.74, 6) is 0. The van der Waals surface area contributed by atoms with Crippen molar-refractivity contribution < 1.29 is 14.0 Å². The van der Waals surface area contributed by atoms with Crippen LogP contribution in [-0.4, -0.2) is 34.0 Å². The van der Waals surface area contributed by atoms with Gasteiger partial charge < -0.3 is 14.0 Å². The molecular weight excluding hydrogens is 148 g/mol. The first-order valence-electron chi connectivity index (χ1n) is 3.48. The molecule has 62 valence electrons. The summed E-state index contributed by atoms with van der Waals surface area (Å²) in [5.41, 5.74) is 0. The van der Waals surface area contributed by atoms with E-state index in [-0.39, 0.29) is 6.61 Å². The molecule has 0 aromatic carbocycles. The molecule has 1 atom stereocenters. The van der Waals surface area contributed by atoms with Gasteiger partial charge in [-0.15, -0.1) is 0 Å². The minimum Gasteiger partial charge on any atom is -0.398 e. The zero-order chi connectivity index (χ0) is 8.04. The fourth-order valence-electron chi connectivity index (χ4n) is 0.567. The summed E-state index contributed by atoms with van der Waals surface area (Å²) in [5, 5.41) is 8.46. The highest BCUT2D eigenvalue weighted by Gasteiger charge is 2.26. The molecule has 0 aliphatic heterocycles. The van der Waals surface area contributed by atoms with Crippen LogP contribution in [0.3, 0.4) is 0 Å². The lowest BCUT2D eigenvalue weighted by molar-refractivity contribution is 0.153. The highest BCUT2D eigenvalue weighted by atomic mass is 28.4. The van der Waals surface area contributed by atoms with Gasteiger partial charge >= 0.3 is 8.56 Å². The Morgan fingerprint density at radius 1 is 1.50 bits per heavy atom. The summed E-state index contributed by atoms with van der Waals surface area (Å²) in [4.78, 5) is 0. The minimum absolute atomic E-state index is 0.0753. The van der Waals surface area contributed by atoms with Crippen molar-refractivity contribution in [2.75, 3.05) is 20.3 Å². The summed E-state index contributed by atoms with van der Waals surface area (Å²) in [7, 11) is -0.218. The van der Waals surface area contributed by atoms with Crippen molar-refractivity contribution in [2.45, 2.75) is 19.5 Å². The molecule has 0 radical (unpaired) electrons. The fourth-order valence-corrected chi connectivity index (χ4v) is 1.70. The van der Waals surface area contributed by atoms with Crippen LogP contribution >= 0.6 is 0 Å². The largest absolute Gasteiger partial charge is 0.398 e. The molecule has 0 aromatic rings. The lowest BCUT2D eigenvalue weighted by Crippen LogP contribution is -2.37. The third-order valence-corrected chi connectivity index (χ3v) is 4.54. The van der Waals surface area contributed by atoms with Crippen molar-refractivity contribution >= 4 is 8.56 Å². The lowest BCUT2D eigenvalue weighted by Gasteiger charge is -2.22. The second-order valence-corrected chi connectivity index (χ2v) is 5.94. The highest BCUT2D eigenvalue weighted by Crippen LogP contribution is 2.10. The van der Waals surface area contributed by atoms with Crippen LogP contribution in [0, 0.1) is 0 Å². The van der Waals surface area contributed by atoms with Crippen molar-refractivity contribution in [3.8, 4) is 0 Å². The molecule has 0 spiro atoms. The molecule has 0 saturated heterocycles. The summed E-state index contributed by atoms with van der Waals surface area (Å²) >= 11 is 0. The first kappa shape index (κ1) is 10.1. The standard InChI is InChI=1S/C6H16O3Si/c1-4-10(3,8-2)9-6-5-7/h7H,4-6H2,1-3H3. The van der Waals surface area contributed by atoms with E-state index in [2.05, 4.69) is 0 Å². The van der Waals surface area contributed by atoms with Gasteiger partial charge in [-0.1, -0.05) is 6.92 Å². The van der Waals surface area contributed by atoms with E-state index in [9.17, 15) is 0 Å². The fraction of sp³-hybridized carbons (Fsp3) is 1.00. The smallest absolute Gasteiger partial charge is 0.334 e. The van der Waals surface area contributed by atoms with Gasteiger partial charge in [0.2, 0.25) is 0 Å². The zero-order valence-electron chi connectivity index (χ0n) is 6.89. The van der Waals surface area contributed by atoms with E-state index >= 15 is 0 Å². The van der Waals surface area contributed by atoms with E-state index in [1.54, 1.807) is 7.11 Å². The lowest BCUT2D eigenvalue weighted by atomic mass is 10.8. The monoisotopic (exact) mass is 164 g/mol. The predicted molar refractivity (Wildman–Crippen MR) is 42.1 cm³/mol. The Bertz CT molecular complexity index is 83.1. The van der Waals surface area contributed by atoms with Gasteiger partial charge in [0.05, 0.1) is 13.2 Å². The third kappa shape index (κ3) is 3.31. The van der Waals surface area contributed by atoms with E-state index in [0.29, 0.717) is 6.61 Å². The van der Waals surface area contributed by atoms with Gasteiger partial charge in [-0.05, 0) is 12.6 Å². The van der Waals surface area contributed by atoms with Crippen LogP contribution in [-0.2, 0) is 8.85 Å². The summed E-state index contributed by atoms with van der Waals surface area (Å²) in [6.45, 7) is 4.49. The second kappa shape index (κ2) is 4.84. The molecule has 0 rings (SSSR count). The summed E-state index contributed by atoms with van der Waals surface area (Å²) in [6.07, 6.45) is 0. The molecule has 0 amide bonds. The quantitative estimate of drug-likeness (QED) is 0.609. The van der Waals surface area contributed by atoms with Crippen LogP contribution in [0.2, 0.25) is 12.6 Å². The molecule has 10 heavy (non-hydrogen) atoms. The minimum atomic E-state index is -1.88. The number of aliphatic hydroxyl groups excluding tert-OH is 1. The van der Waals surface area contributed by atoms with Gasteiger partial charge in [-0.2, -0.15) is 0 Å². The molecule has 0 bridgehead atoms. The second-order valence-electron chi connectivity index (χ2n) is 2.26. The molecule has 0 fully saturated rings. The van der Waals surface area contributed by atoms with Crippen molar-refractivity contribution in [3.63, 3.8) is 0 Å². The maximum absolute atomic E-state index is 8.46. The van der Waals surface area contributed by atoms with Crippen molar-refractivity contribution in [3.05, 3.63) is 0 Å². The molecule has 1 unspecified atom stereocenters. The molecule has 0 aromatic heterocycles. The Labute approximate surface area is 63.2 Å². The van der Waals surface area contributed by atoms with Crippen LogP contribution in [0.5, 0.6) is 0 Å². The van der Waals surface area contributed by atoms with E-state index in [0.717, 1.165) is 6.04 Å². The van der Waals surface area contributed by atoms with Gasteiger partial charge in [0.15, 0.2) is 0 Å². The van der Waals surface area contributed by atoms with E-state index < -0.39 is 8.56 Å². The van der Waals surface area contributed by atoms with Crippen LogP contribution in [0.15, 0.2) is 0 Å². The number of hydrogen-bond donors (Lipinski definition) is 1. The Kier molecular flexibility index (Phi) is 4.89. The van der Waals surface area contributed by atoms with Gasteiger partial charge in [-0.25, -0.2) is 0 Å². The average Bonchev–Trinajstić information content (AvgIpc) is 2.00. The highest BCUT2D eigenvalue weighted by molar-refractivity contribution is 6.65. The molecule has 1 N–H and O–H groups in total. The first-order chi connectivity index (χ1) is 4.68. The SMILES string of the molecule is CC[Si](C)(OC)OCCO. The van der Waals surface area contributed by atoms with Gasteiger partial charge in [0, 0.05) is 7.11 Å². The van der Waals surface area contributed by atoms with Crippen LogP contribution in [0.4, 0.5) is 0 Å². The molecule has 0 heterocycles. The van der Waals surface area contributed by atoms with Crippen molar-refractivity contribution in [2.24, 2.45) is 0 Å². The van der Waals surface area contributed by atoms with E-state index in [1.165, 1.54) is 0 Å². The zero-order valence-corrected chi connectivity index (χ0v) is 7.89. The normalized spacial score (nSPS) is 16.8. The molecule has 0 aliphatic carbocycles. The molecule has 3 nitrogen and oxygen atoms in total. The Morgan fingerprint density at radius 3 is 2.40 bits per heavy atom. The molecular formula is C6H16O3Si. The van der Waals surface area contributed by atoms with Gasteiger partial charge in [0.25, 0.3) is 0 Å². The van der Waals surface area contributed by atoms with Crippen molar-refractivity contribution in [1.82, 2.24) is 0 Å². The van der Waals surface area contributed by atoms with Gasteiger partial charge in [-0.3, -0.25) is 0 Å². The summed E-state index contributed by atoms with van der Waals surface area (Å²) < 4.78 is 10.5. The maximum atomic E-state index is 8.46. The number of aliphatic hydroxyl groups is 1. The topological polar surface area (TPSA) is 38.7 Å². The van der Waals surface area contributed by atoms with E-state index in [4.69, 9.17) is 14.0 Å². The molecule has 4 heteroatoms. The molecule has 0 aliphatic rings. The van der Waals surface area contributed by atoms with Crippen LogP contribution in [0.25, 0.3) is 0 Å². The Morgan fingerprint density at radius 2 is 2.10 bits per heavy atom. The van der Waals surface area contributed by atoms with Gasteiger partial charge in [0.1, 0.15) is 0 Å². The van der Waals surface area contributed by atoms with Crippen LogP contribution < -0.4 is 0 Å². The predicted octanol–water partition coefficient (Wildman–Crippen LogP) is 0.734. The number of hydrogen-bond acceptors (Lipinski definition) is 3. The average molecular weight is 164 g/mol. The Balaban J connectivity index is 3.58. The first-order valence-corrected chi connectivity index (χ1v) is 6.01. The maximum Gasteiger partial charge on any atom is 0.334 e. The molecule has 0 saturated carbocycles. The number of rotatable bonds is 5. The van der Waals surface area contributed by atoms with Crippen molar-refractivity contribution in [1.29, 1.82) is 0 Å². The Hall–Kier alpha value is 0.0969.